The van der Waals surface area contributed by atoms with Gasteiger partial charge in [-0.3, -0.25) is 9.63 Å². The zero-order valence-electron chi connectivity index (χ0n) is 13.1. The molecule has 0 aliphatic carbocycles. The van der Waals surface area contributed by atoms with E-state index >= 15 is 0 Å². The minimum atomic E-state index is -0.352. The van der Waals surface area contributed by atoms with Gasteiger partial charge in [0, 0.05) is 19.3 Å². The Hall–Kier alpha value is -2.65. The number of hydrogen-bond acceptors (Lipinski definition) is 5. The summed E-state index contributed by atoms with van der Waals surface area (Å²) in [5.74, 6) is -0.352. The summed E-state index contributed by atoms with van der Waals surface area (Å²) in [6.07, 6.45) is 5.16. The smallest absolute Gasteiger partial charge is 0.345 e. The van der Waals surface area contributed by atoms with Crippen LogP contribution in [0.25, 0.3) is 5.70 Å². The molecule has 0 spiro atoms. The van der Waals surface area contributed by atoms with Gasteiger partial charge in [0.05, 0.1) is 31.5 Å². The standard InChI is InChI=1S/C15H19N5O4/c1-2-7-24-20-12-8-11(9-18(10-12)15(20)23)19-5-3-13(17-19)14(22)16-4-6-21/h2-3,5,8,12,21H,1,4,6-7,9-10H2,(H,16,22). The molecule has 0 radical (unpaired) electrons. The second kappa shape index (κ2) is 6.85. The summed E-state index contributed by atoms with van der Waals surface area (Å²) in [6.45, 7) is 4.83. The average Bonchev–Trinajstić information content (AvgIpc) is 3.16. The minimum absolute atomic E-state index is 0.128. The largest absolute Gasteiger partial charge is 0.395 e. The number of carbonyl (C=O) groups excluding carboxylic acids is 2. The van der Waals surface area contributed by atoms with Gasteiger partial charge in [0.15, 0.2) is 5.69 Å². The first-order valence-corrected chi connectivity index (χ1v) is 7.61. The van der Waals surface area contributed by atoms with Crippen LogP contribution < -0.4 is 5.32 Å². The normalized spacial score (nSPS) is 19.5. The molecule has 1 unspecified atom stereocenters. The molecule has 128 valence electrons. The molecule has 3 rings (SSSR count). The molecule has 0 aromatic carbocycles. The molecule has 1 saturated heterocycles. The molecular weight excluding hydrogens is 314 g/mol. The van der Waals surface area contributed by atoms with Crippen molar-refractivity contribution in [3.05, 3.63) is 36.7 Å². The fourth-order valence-electron chi connectivity index (χ4n) is 2.68. The van der Waals surface area contributed by atoms with E-state index in [2.05, 4.69) is 17.0 Å². The van der Waals surface area contributed by atoms with Crippen LogP contribution in [0.3, 0.4) is 0 Å². The van der Waals surface area contributed by atoms with Gasteiger partial charge >= 0.3 is 6.03 Å². The lowest BCUT2D eigenvalue weighted by Crippen LogP contribution is -2.33. The van der Waals surface area contributed by atoms with Crippen molar-refractivity contribution in [2.24, 2.45) is 0 Å². The van der Waals surface area contributed by atoms with Crippen LogP contribution in [0.4, 0.5) is 4.79 Å². The van der Waals surface area contributed by atoms with Crippen LogP contribution in [0.15, 0.2) is 31.0 Å². The average molecular weight is 333 g/mol. The fourth-order valence-corrected chi connectivity index (χ4v) is 2.68. The van der Waals surface area contributed by atoms with Gasteiger partial charge < -0.3 is 15.3 Å². The lowest BCUT2D eigenvalue weighted by atomic mass is 10.2. The van der Waals surface area contributed by atoms with Gasteiger partial charge in [0.2, 0.25) is 0 Å². The van der Waals surface area contributed by atoms with Crippen molar-refractivity contribution in [3.8, 4) is 0 Å². The topological polar surface area (TPSA) is 99.9 Å². The van der Waals surface area contributed by atoms with E-state index in [0.717, 1.165) is 5.70 Å². The lowest BCUT2D eigenvalue weighted by Gasteiger charge is -2.21. The summed E-state index contributed by atoms with van der Waals surface area (Å²) in [5, 5.41) is 16.9. The maximum absolute atomic E-state index is 12.2. The van der Waals surface area contributed by atoms with Crippen molar-refractivity contribution in [1.29, 1.82) is 0 Å². The molecule has 2 bridgehead atoms. The second-order valence-corrected chi connectivity index (χ2v) is 5.42. The highest BCUT2D eigenvalue weighted by molar-refractivity contribution is 5.92. The maximum Gasteiger partial charge on any atom is 0.345 e. The monoisotopic (exact) mass is 333 g/mol. The molecule has 1 atom stereocenters. The van der Waals surface area contributed by atoms with Crippen LogP contribution in [-0.2, 0) is 4.84 Å². The van der Waals surface area contributed by atoms with Crippen LogP contribution in [0.2, 0.25) is 0 Å². The molecule has 24 heavy (non-hydrogen) atoms. The summed E-state index contributed by atoms with van der Waals surface area (Å²) < 4.78 is 1.58. The molecule has 3 heterocycles. The Kier molecular flexibility index (Phi) is 4.63. The van der Waals surface area contributed by atoms with E-state index in [-0.39, 0.29) is 43.4 Å². The van der Waals surface area contributed by atoms with Crippen molar-refractivity contribution in [2.75, 3.05) is 32.8 Å². The van der Waals surface area contributed by atoms with Crippen LogP contribution >= 0.6 is 0 Å². The lowest BCUT2D eigenvalue weighted by molar-refractivity contribution is -0.107. The van der Waals surface area contributed by atoms with Gasteiger partial charge in [-0.1, -0.05) is 6.08 Å². The Balaban J connectivity index is 1.74. The highest BCUT2D eigenvalue weighted by Gasteiger charge is 2.41. The quantitative estimate of drug-likeness (QED) is 0.667. The Morgan fingerprint density at radius 1 is 1.58 bits per heavy atom. The Bertz CT molecular complexity index is 683. The minimum Gasteiger partial charge on any atom is -0.395 e. The molecule has 2 N–H and O–H groups in total. The Morgan fingerprint density at radius 3 is 3.17 bits per heavy atom. The van der Waals surface area contributed by atoms with Crippen LogP contribution in [0.5, 0.6) is 0 Å². The maximum atomic E-state index is 12.2. The highest BCUT2D eigenvalue weighted by atomic mass is 16.7. The van der Waals surface area contributed by atoms with E-state index in [9.17, 15) is 9.59 Å². The molecule has 1 aromatic rings. The third kappa shape index (κ3) is 3.03. The number of carbonyl (C=O) groups is 2. The first-order chi connectivity index (χ1) is 11.6. The number of aromatic nitrogens is 2. The van der Waals surface area contributed by atoms with E-state index in [1.54, 1.807) is 27.9 Å². The molecule has 3 amide bonds. The van der Waals surface area contributed by atoms with Gasteiger partial charge in [-0.15, -0.1) is 6.58 Å². The molecule has 9 nitrogen and oxygen atoms in total. The molecule has 9 heteroatoms. The number of hydrogen-bond donors (Lipinski definition) is 2. The van der Waals surface area contributed by atoms with Gasteiger partial charge in [-0.05, 0) is 12.1 Å². The number of fused-ring (bicyclic) bond motifs is 2. The molecule has 1 fully saturated rings. The summed E-state index contributed by atoms with van der Waals surface area (Å²) in [5.41, 5.74) is 1.05. The third-order valence-electron chi connectivity index (χ3n) is 3.75. The van der Waals surface area contributed by atoms with Gasteiger partial charge in [0.1, 0.15) is 0 Å². The first kappa shape index (κ1) is 16.2. The van der Waals surface area contributed by atoms with Crippen molar-refractivity contribution in [3.63, 3.8) is 0 Å². The summed E-state index contributed by atoms with van der Waals surface area (Å²) in [6, 6.07) is 1.20. The molecule has 1 aromatic heterocycles. The van der Waals surface area contributed by atoms with Crippen molar-refractivity contribution in [1.82, 2.24) is 25.1 Å². The van der Waals surface area contributed by atoms with Gasteiger partial charge in [-0.2, -0.15) is 10.2 Å². The second-order valence-electron chi connectivity index (χ2n) is 5.42. The van der Waals surface area contributed by atoms with E-state index in [4.69, 9.17) is 9.94 Å². The van der Waals surface area contributed by atoms with Crippen molar-refractivity contribution < 1.29 is 19.5 Å². The Morgan fingerprint density at radius 2 is 2.42 bits per heavy atom. The van der Waals surface area contributed by atoms with Crippen LogP contribution in [-0.4, -0.2) is 75.7 Å². The van der Waals surface area contributed by atoms with Crippen molar-refractivity contribution >= 4 is 17.6 Å². The van der Waals surface area contributed by atoms with Crippen molar-refractivity contribution in [2.45, 2.75) is 6.04 Å². The van der Waals surface area contributed by atoms with E-state index in [1.807, 2.05) is 6.08 Å². The predicted molar refractivity (Wildman–Crippen MR) is 84.7 cm³/mol. The first-order valence-electron chi connectivity index (χ1n) is 7.61. The number of amides is 3. The number of urea groups is 1. The molecule has 2 aliphatic rings. The Labute approximate surface area is 138 Å². The number of aliphatic hydroxyl groups excluding tert-OH is 1. The highest BCUT2D eigenvalue weighted by Crippen LogP contribution is 2.26. The van der Waals surface area contributed by atoms with E-state index in [0.29, 0.717) is 13.1 Å². The number of rotatable bonds is 7. The van der Waals surface area contributed by atoms with Crippen LogP contribution in [0.1, 0.15) is 10.5 Å². The molecule has 2 aliphatic heterocycles. The SMILES string of the molecule is C=CCON1C(=O)N2CC(n3ccc(C(=O)NCCO)n3)=CC1C2. The number of aliphatic hydroxyl groups is 1. The molecule has 0 saturated carbocycles. The third-order valence-corrected chi connectivity index (χ3v) is 3.75. The summed E-state index contributed by atoms with van der Waals surface area (Å²) in [4.78, 5) is 31.2. The van der Waals surface area contributed by atoms with Gasteiger partial charge in [-0.25, -0.2) is 9.48 Å². The zero-order chi connectivity index (χ0) is 17.1. The number of nitrogens with one attached hydrogen (secondary N) is 1. The predicted octanol–water partition coefficient (Wildman–Crippen LogP) is -0.316. The zero-order valence-corrected chi connectivity index (χ0v) is 13.1. The van der Waals surface area contributed by atoms with Crippen LogP contribution in [0, 0.1) is 0 Å². The van der Waals surface area contributed by atoms with E-state index < -0.39 is 0 Å². The summed E-state index contributed by atoms with van der Waals surface area (Å²) >= 11 is 0. The molecular formula is C15H19N5O4. The number of hydroxylamine groups is 2. The number of nitrogens with zero attached hydrogens (tertiary/aromatic N) is 4. The fraction of sp³-hybridized carbons (Fsp3) is 0.400. The van der Waals surface area contributed by atoms with E-state index in [1.165, 1.54) is 5.06 Å². The summed E-state index contributed by atoms with van der Waals surface area (Å²) in [7, 11) is 0. The van der Waals surface area contributed by atoms with Gasteiger partial charge in [0.25, 0.3) is 5.91 Å².